The Kier molecular flexibility index (Phi) is 4.90. The van der Waals surface area contributed by atoms with E-state index in [1.807, 2.05) is 12.1 Å². The number of aliphatic carboxylic acids is 1. The molecule has 0 aromatic heterocycles. The van der Waals surface area contributed by atoms with E-state index in [1.165, 1.54) is 17.3 Å². The summed E-state index contributed by atoms with van der Waals surface area (Å²) in [5, 5.41) is 7.83. The van der Waals surface area contributed by atoms with Crippen LogP contribution in [0.4, 0.5) is 0 Å². The van der Waals surface area contributed by atoms with Gasteiger partial charge in [0, 0.05) is 10.6 Å². The molecule has 1 N–H and O–H groups in total. The molecule has 0 saturated heterocycles. The summed E-state index contributed by atoms with van der Waals surface area (Å²) in [5.41, 5.74) is 1.40. The predicted molar refractivity (Wildman–Crippen MR) is 73.1 cm³/mol. The molecule has 1 aromatic rings. The molecule has 0 amide bonds. The lowest BCUT2D eigenvalue weighted by Crippen LogP contribution is -2.15. The molecule has 0 aliphatic carbocycles. The molecule has 0 radical (unpaired) electrons. The van der Waals surface area contributed by atoms with E-state index in [1.54, 1.807) is 0 Å². The highest BCUT2D eigenvalue weighted by Gasteiger charge is 2.15. The largest absolute Gasteiger partial charge is 0.480 e. The fourth-order valence-electron chi connectivity index (χ4n) is 1.29. The van der Waals surface area contributed by atoms with Crippen LogP contribution < -0.4 is 0 Å². The number of carboxylic acids is 1. The highest BCUT2D eigenvalue weighted by Crippen LogP contribution is 2.26. The van der Waals surface area contributed by atoms with Crippen LogP contribution in [-0.2, 0) is 10.2 Å². The Labute approximate surface area is 111 Å². The third kappa shape index (κ3) is 4.60. The van der Waals surface area contributed by atoms with Crippen LogP contribution in [0.5, 0.6) is 0 Å². The van der Waals surface area contributed by atoms with Crippen molar-refractivity contribution in [1.82, 2.24) is 0 Å². The first-order chi connectivity index (χ1) is 7.80. The summed E-state index contributed by atoms with van der Waals surface area (Å²) < 4.78 is 0. The Morgan fingerprint density at radius 3 is 2.29 bits per heavy atom. The molecule has 1 atom stereocenters. The smallest absolute Gasteiger partial charge is 0.322 e. The van der Waals surface area contributed by atoms with Gasteiger partial charge < -0.3 is 5.11 Å². The number of alkyl halides is 1. The van der Waals surface area contributed by atoms with Crippen LogP contribution in [0.25, 0.3) is 0 Å². The van der Waals surface area contributed by atoms with Crippen LogP contribution in [0.15, 0.2) is 29.2 Å². The number of thioether (sulfide) groups is 1. The van der Waals surface area contributed by atoms with E-state index in [0.717, 1.165) is 4.90 Å². The first-order valence-corrected chi connectivity index (χ1v) is 6.83. The highest BCUT2D eigenvalue weighted by atomic mass is 35.5. The first kappa shape index (κ1) is 14.4. The molecule has 0 fully saturated rings. The fraction of sp³-hybridized carbons (Fsp3) is 0.462. The summed E-state index contributed by atoms with van der Waals surface area (Å²) in [6.07, 6.45) is 0. The Hall–Kier alpha value is -0.670. The average molecular weight is 273 g/mol. The van der Waals surface area contributed by atoms with E-state index in [4.69, 9.17) is 16.7 Å². The lowest BCUT2D eigenvalue weighted by molar-refractivity contribution is -0.136. The molecular weight excluding hydrogens is 256 g/mol. The van der Waals surface area contributed by atoms with E-state index in [0.29, 0.717) is 5.75 Å². The number of halogens is 1. The zero-order chi connectivity index (χ0) is 13.1. The summed E-state index contributed by atoms with van der Waals surface area (Å²) in [6.45, 7) is 6.48. The molecule has 1 rings (SSSR count). The summed E-state index contributed by atoms with van der Waals surface area (Å²) >= 11 is 7.11. The van der Waals surface area contributed by atoms with Gasteiger partial charge in [-0.25, -0.2) is 0 Å². The Bertz CT molecular complexity index is 381. The second kappa shape index (κ2) is 5.78. The van der Waals surface area contributed by atoms with Crippen molar-refractivity contribution in [3.8, 4) is 0 Å². The highest BCUT2D eigenvalue weighted by molar-refractivity contribution is 7.99. The van der Waals surface area contributed by atoms with Gasteiger partial charge in [0.05, 0.1) is 0 Å². The molecule has 0 aliphatic rings. The lowest BCUT2D eigenvalue weighted by Gasteiger charge is -2.19. The van der Waals surface area contributed by atoms with Crippen LogP contribution in [0.1, 0.15) is 26.3 Å². The zero-order valence-corrected chi connectivity index (χ0v) is 11.8. The zero-order valence-electron chi connectivity index (χ0n) is 10.2. The molecule has 1 unspecified atom stereocenters. The Balaban J connectivity index is 2.60. The van der Waals surface area contributed by atoms with E-state index in [2.05, 4.69) is 32.9 Å². The van der Waals surface area contributed by atoms with Gasteiger partial charge in [-0.05, 0) is 23.1 Å². The SMILES string of the molecule is CC(C)(C)c1ccc(SCC(Cl)C(=O)O)cc1. The monoisotopic (exact) mass is 272 g/mol. The third-order valence-electron chi connectivity index (χ3n) is 2.38. The molecule has 17 heavy (non-hydrogen) atoms. The van der Waals surface area contributed by atoms with Crippen molar-refractivity contribution in [2.75, 3.05) is 5.75 Å². The molecule has 0 aliphatic heterocycles. The van der Waals surface area contributed by atoms with Crippen molar-refractivity contribution in [1.29, 1.82) is 0 Å². The van der Waals surface area contributed by atoms with Gasteiger partial charge in [0.1, 0.15) is 5.38 Å². The van der Waals surface area contributed by atoms with Gasteiger partial charge in [0.2, 0.25) is 0 Å². The summed E-state index contributed by atoms with van der Waals surface area (Å²) in [6, 6.07) is 8.17. The maximum absolute atomic E-state index is 10.6. The van der Waals surface area contributed by atoms with Crippen LogP contribution in [0, 0.1) is 0 Å². The van der Waals surface area contributed by atoms with Gasteiger partial charge in [0.15, 0.2) is 0 Å². The second-order valence-corrected chi connectivity index (χ2v) is 6.51. The van der Waals surface area contributed by atoms with Crippen molar-refractivity contribution in [3.05, 3.63) is 29.8 Å². The maximum atomic E-state index is 10.6. The van der Waals surface area contributed by atoms with Gasteiger partial charge in [-0.3, -0.25) is 4.79 Å². The summed E-state index contributed by atoms with van der Waals surface area (Å²) in [5.74, 6) is -0.586. The molecule has 94 valence electrons. The van der Waals surface area contributed by atoms with E-state index < -0.39 is 11.3 Å². The quantitative estimate of drug-likeness (QED) is 0.670. The van der Waals surface area contributed by atoms with Crippen molar-refractivity contribution in [3.63, 3.8) is 0 Å². The predicted octanol–water partition coefficient (Wildman–Crippen LogP) is 3.77. The standard InChI is InChI=1S/C13H17ClO2S/c1-13(2,3)9-4-6-10(7-5-9)17-8-11(14)12(15)16/h4-7,11H,8H2,1-3H3,(H,15,16). The van der Waals surface area contributed by atoms with Crippen LogP contribution in [0.2, 0.25) is 0 Å². The van der Waals surface area contributed by atoms with Crippen molar-refractivity contribution in [2.24, 2.45) is 0 Å². The number of hydrogen-bond acceptors (Lipinski definition) is 2. The maximum Gasteiger partial charge on any atom is 0.322 e. The molecule has 0 spiro atoms. The molecule has 0 saturated carbocycles. The molecule has 4 heteroatoms. The number of carbonyl (C=O) groups is 1. The van der Waals surface area contributed by atoms with Gasteiger partial charge in [0.25, 0.3) is 0 Å². The second-order valence-electron chi connectivity index (χ2n) is 4.89. The number of benzene rings is 1. The Morgan fingerprint density at radius 2 is 1.88 bits per heavy atom. The van der Waals surface area contributed by atoms with Crippen molar-refractivity contribution < 1.29 is 9.90 Å². The van der Waals surface area contributed by atoms with Crippen LogP contribution in [-0.4, -0.2) is 22.2 Å². The third-order valence-corrected chi connectivity index (χ3v) is 4.01. The van der Waals surface area contributed by atoms with Crippen LogP contribution in [0.3, 0.4) is 0 Å². The number of rotatable bonds is 4. The number of hydrogen-bond donors (Lipinski definition) is 1. The van der Waals surface area contributed by atoms with E-state index in [9.17, 15) is 4.79 Å². The minimum absolute atomic E-state index is 0.138. The lowest BCUT2D eigenvalue weighted by atomic mass is 9.87. The van der Waals surface area contributed by atoms with Gasteiger partial charge in [-0.2, -0.15) is 0 Å². The first-order valence-electron chi connectivity index (χ1n) is 5.41. The Morgan fingerprint density at radius 1 is 1.35 bits per heavy atom. The van der Waals surface area contributed by atoms with E-state index in [-0.39, 0.29) is 5.41 Å². The fourth-order valence-corrected chi connectivity index (χ4v) is 2.29. The molecule has 0 heterocycles. The summed E-state index contributed by atoms with van der Waals surface area (Å²) in [4.78, 5) is 11.6. The van der Waals surface area contributed by atoms with Gasteiger partial charge >= 0.3 is 5.97 Å². The molecule has 2 nitrogen and oxygen atoms in total. The van der Waals surface area contributed by atoms with E-state index >= 15 is 0 Å². The van der Waals surface area contributed by atoms with Crippen molar-refractivity contribution >= 4 is 29.3 Å². The van der Waals surface area contributed by atoms with Gasteiger partial charge in [-0.1, -0.05) is 32.9 Å². The normalized spacial score (nSPS) is 13.4. The van der Waals surface area contributed by atoms with Crippen molar-refractivity contribution in [2.45, 2.75) is 36.5 Å². The number of carboxylic acid groups (broad SMARTS) is 1. The molecule has 1 aromatic carbocycles. The van der Waals surface area contributed by atoms with Gasteiger partial charge in [-0.15, -0.1) is 23.4 Å². The average Bonchev–Trinajstić information content (AvgIpc) is 2.25. The molecule has 0 bridgehead atoms. The topological polar surface area (TPSA) is 37.3 Å². The minimum atomic E-state index is -0.967. The molecular formula is C13H17ClO2S. The minimum Gasteiger partial charge on any atom is -0.480 e. The van der Waals surface area contributed by atoms with Crippen LogP contribution >= 0.6 is 23.4 Å². The summed E-state index contributed by atoms with van der Waals surface area (Å²) in [7, 11) is 0.